The summed E-state index contributed by atoms with van der Waals surface area (Å²) in [7, 11) is 0. The number of aromatic nitrogens is 3. The van der Waals surface area contributed by atoms with Gasteiger partial charge in [0.2, 0.25) is 0 Å². The number of aryl methyl sites for hydroxylation is 1. The minimum Gasteiger partial charge on any atom is -0.345 e. The number of hydrogen-bond donors (Lipinski definition) is 2. The molecule has 2 N–H and O–H groups in total. The lowest BCUT2D eigenvalue weighted by Crippen LogP contribution is -2.35. The number of amides is 1. The highest BCUT2D eigenvalue weighted by Crippen LogP contribution is 2.14. The molecule has 1 aromatic carbocycles. The van der Waals surface area contributed by atoms with Crippen molar-refractivity contribution in [1.82, 2.24) is 19.3 Å². The molecule has 0 spiro atoms. The molecule has 146 valence electrons. The van der Waals surface area contributed by atoms with E-state index in [0.717, 1.165) is 5.56 Å². The van der Waals surface area contributed by atoms with E-state index in [-0.39, 0.29) is 22.7 Å². The van der Waals surface area contributed by atoms with Gasteiger partial charge in [-0.25, -0.2) is 4.98 Å². The Hall–Kier alpha value is -3.74. The molecule has 29 heavy (non-hydrogen) atoms. The van der Waals surface area contributed by atoms with Crippen LogP contribution < -0.4 is 16.4 Å². The van der Waals surface area contributed by atoms with Crippen molar-refractivity contribution in [2.24, 2.45) is 0 Å². The van der Waals surface area contributed by atoms with E-state index in [1.807, 2.05) is 44.2 Å². The van der Waals surface area contributed by atoms with E-state index in [1.165, 1.54) is 10.5 Å². The van der Waals surface area contributed by atoms with Crippen molar-refractivity contribution in [3.05, 3.63) is 87.8 Å². The maximum atomic E-state index is 13.0. The maximum Gasteiger partial charge on any atom is 0.267 e. The molecule has 0 saturated carbocycles. The van der Waals surface area contributed by atoms with E-state index in [4.69, 9.17) is 5.41 Å². The van der Waals surface area contributed by atoms with Crippen molar-refractivity contribution in [3.63, 3.8) is 0 Å². The minimum atomic E-state index is -0.395. The summed E-state index contributed by atoms with van der Waals surface area (Å²) in [5.41, 5.74) is 1.78. The van der Waals surface area contributed by atoms with E-state index >= 15 is 0 Å². The minimum absolute atomic E-state index is 0.0324. The summed E-state index contributed by atoms with van der Waals surface area (Å²) in [6.45, 7) is 4.16. The topological polar surface area (TPSA) is 92.2 Å². The van der Waals surface area contributed by atoms with E-state index in [0.29, 0.717) is 23.2 Å². The normalized spacial score (nSPS) is 12.2. The standard InChI is InChI=1S/C22H21N5O2/c1-3-26-19(23)16(21(28)24-14(2)15-9-5-4-6-10-15)13-17-20(26)25-18-11-7-8-12-27(18)22(17)29/h4-14,23H,3H2,1-2H3,(H,24,28)/t14-/m0/s1. The predicted octanol–water partition coefficient (Wildman–Crippen LogP) is 2.64. The van der Waals surface area contributed by atoms with Crippen LogP contribution >= 0.6 is 0 Å². The molecule has 0 radical (unpaired) electrons. The third-order valence-electron chi connectivity index (χ3n) is 5.03. The molecule has 0 unspecified atom stereocenters. The Morgan fingerprint density at radius 1 is 1.17 bits per heavy atom. The van der Waals surface area contributed by atoms with Crippen LogP contribution in [0.3, 0.4) is 0 Å². The first-order chi connectivity index (χ1) is 14.0. The molecule has 3 aromatic heterocycles. The molecular weight excluding hydrogens is 366 g/mol. The fourth-order valence-electron chi connectivity index (χ4n) is 3.47. The Labute approximate surface area is 166 Å². The van der Waals surface area contributed by atoms with Gasteiger partial charge in [0.15, 0.2) is 0 Å². The second-order valence-corrected chi connectivity index (χ2v) is 6.84. The zero-order valence-electron chi connectivity index (χ0n) is 16.2. The molecule has 0 aliphatic carbocycles. The molecule has 0 fully saturated rings. The van der Waals surface area contributed by atoms with Crippen LogP contribution in [0.25, 0.3) is 16.7 Å². The van der Waals surface area contributed by atoms with Crippen LogP contribution in [-0.4, -0.2) is 19.9 Å². The van der Waals surface area contributed by atoms with Gasteiger partial charge in [0.1, 0.15) is 16.8 Å². The molecule has 0 saturated heterocycles. The second kappa shape index (κ2) is 7.35. The Morgan fingerprint density at radius 3 is 2.62 bits per heavy atom. The number of hydrogen-bond acceptors (Lipinski definition) is 4. The first-order valence-electron chi connectivity index (χ1n) is 9.46. The zero-order chi connectivity index (χ0) is 20.5. The lowest BCUT2D eigenvalue weighted by Gasteiger charge is -2.16. The lowest BCUT2D eigenvalue weighted by atomic mass is 10.1. The average molecular weight is 387 g/mol. The Kier molecular flexibility index (Phi) is 4.72. The van der Waals surface area contributed by atoms with Crippen LogP contribution in [-0.2, 0) is 6.54 Å². The van der Waals surface area contributed by atoms with Gasteiger partial charge < -0.3 is 9.88 Å². The molecule has 1 amide bonds. The van der Waals surface area contributed by atoms with E-state index in [9.17, 15) is 9.59 Å². The molecule has 1 atom stereocenters. The van der Waals surface area contributed by atoms with Crippen molar-refractivity contribution >= 4 is 22.6 Å². The molecule has 3 heterocycles. The van der Waals surface area contributed by atoms with E-state index < -0.39 is 5.91 Å². The van der Waals surface area contributed by atoms with Gasteiger partial charge in [0.05, 0.1) is 17.0 Å². The van der Waals surface area contributed by atoms with Gasteiger partial charge in [-0.05, 0) is 37.6 Å². The molecule has 4 rings (SSSR count). The van der Waals surface area contributed by atoms with Crippen molar-refractivity contribution < 1.29 is 4.79 Å². The summed E-state index contributed by atoms with van der Waals surface area (Å²) < 4.78 is 3.03. The highest BCUT2D eigenvalue weighted by atomic mass is 16.1. The molecule has 7 heteroatoms. The summed E-state index contributed by atoms with van der Waals surface area (Å²) in [4.78, 5) is 30.5. The van der Waals surface area contributed by atoms with Crippen molar-refractivity contribution in [2.75, 3.05) is 0 Å². The van der Waals surface area contributed by atoms with Crippen molar-refractivity contribution in [3.8, 4) is 0 Å². The average Bonchev–Trinajstić information content (AvgIpc) is 2.74. The first kappa shape index (κ1) is 18.6. The summed E-state index contributed by atoms with van der Waals surface area (Å²) in [5, 5.41) is 11.8. The van der Waals surface area contributed by atoms with Gasteiger partial charge in [-0.2, -0.15) is 0 Å². The van der Waals surface area contributed by atoms with Crippen LogP contribution in [0.2, 0.25) is 0 Å². The number of carbonyl (C=O) groups excluding carboxylic acids is 1. The number of nitrogens with zero attached hydrogens (tertiary/aromatic N) is 3. The lowest BCUT2D eigenvalue weighted by molar-refractivity contribution is 0.0937. The van der Waals surface area contributed by atoms with E-state index in [1.54, 1.807) is 29.0 Å². The van der Waals surface area contributed by atoms with Gasteiger partial charge in [-0.15, -0.1) is 0 Å². The van der Waals surface area contributed by atoms with Crippen molar-refractivity contribution in [2.45, 2.75) is 26.4 Å². The monoisotopic (exact) mass is 387 g/mol. The fourth-order valence-corrected chi connectivity index (χ4v) is 3.47. The van der Waals surface area contributed by atoms with Crippen LogP contribution in [0.5, 0.6) is 0 Å². The molecule has 7 nitrogen and oxygen atoms in total. The Balaban J connectivity index is 1.86. The summed E-state index contributed by atoms with van der Waals surface area (Å²) in [6, 6.07) is 16.1. The van der Waals surface area contributed by atoms with Crippen LogP contribution in [0.1, 0.15) is 35.8 Å². The molecular formula is C22H21N5O2. The summed E-state index contributed by atoms with van der Waals surface area (Å²) in [5.74, 6) is -0.395. The van der Waals surface area contributed by atoms with Crippen LogP contribution in [0.15, 0.2) is 65.6 Å². The molecule has 4 aromatic rings. The number of benzene rings is 1. The summed E-state index contributed by atoms with van der Waals surface area (Å²) in [6.07, 6.45) is 1.65. The Morgan fingerprint density at radius 2 is 1.90 bits per heavy atom. The number of pyridine rings is 2. The highest BCUT2D eigenvalue weighted by molar-refractivity contribution is 5.97. The Bertz CT molecular complexity index is 1340. The molecule has 0 bridgehead atoms. The quantitative estimate of drug-likeness (QED) is 0.527. The number of carbonyl (C=O) groups is 1. The zero-order valence-corrected chi connectivity index (χ0v) is 16.2. The smallest absolute Gasteiger partial charge is 0.267 e. The van der Waals surface area contributed by atoms with E-state index in [2.05, 4.69) is 10.3 Å². The van der Waals surface area contributed by atoms with Crippen LogP contribution in [0, 0.1) is 5.41 Å². The van der Waals surface area contributed by atoms with Gasteiger partial charge in [0, 0.05) is 12.7 Å². The fraction of sp³-hybridized carbons (Fsp3) is 0.182. The first-order valence-corrected chi connectivity index (χ1v) is 9.46. The number of rotatable bonds is 4. The van der Waals surface area contributed by atoms with Gasteiger partial charge >= 0.3 is 0 Å². The predicted molar refractivity (Wildman–Crippen MR) is 111 cm³/mol. The maximum absolute atomic E-state index is 13.0. The van der Waals surface area contributed by atoms with Gasteiger partial charge in [-0.1, -0.05) is 36.4 Å². The highest BCUT2D eigenvalue weighted by Gasteiger charge is 2.18. The largest absolute Gasteiger partial charge is 0.345 e. The second-order valence-electron chi connectivity index (χ2n) is 6.84. The molecule has 0 aliphatic rings. The van der Waals surface area contributed by atoms with Gasteiger partial charge in [0.25, 0.3) is 11.5 Å². The van der Waals surface area contributed by atoms with Crippen LogP contribution in [0.4, 0.5) is 0 Å². The summed E-state index contributed by atoms with van der Waals surface area (Å²) >= 11 is 0. The molecule has 0 aliphatic heterocycles. The van der Waals surface area contributed by atoms with Gasteiger partial charge in [-0.3, -0.25) is 19.4 Å². The van der Waals surface area contributed by atoms with Crippen molar-refractivity contribution in [1.29, 1.82) is 5.41 Å². The number of fused-ring (bicyclic) bond motifs is 2. The number of nitrogens with one attached hydrogen (secondary N) is 2. The SMILES string of the molecule is CCn1c(=N)c(C(=O)N[C@@H](C)c2ccccc2)cc2c(=O)n3ccccc3nc21. The third kappa shape index (κ3) is 3.20. The third-order valence-corrected chi connectivity index (χ3v) is 5.03.